The summed E-state index contributed by atoms with van der Waals surface area (Å²) in [5.74, 6) is 0.925. The van der Waals surface area contributed by atoms with Crippen LogP contribution in [0.25, 0.3) is 0 Å². The van der Waals surface area contributed by atoms with Crippen molar-refractivity contribution in [3.05, 3.63) is 59.2 Å². The zero-order chi connectivity index (χ0) is 14.7. The molecule has 0 saturated heterocycles. The van der Waals surface area contributed by atoms with Crippen molar-refractivity contribution in [2.24, 2.45) is 0 Å². The molecule has 4 heteroatoms. The molecule has 0 atom stereocenters. The first kappa shape index (κ1) is 13.5. The van der Waals surface area contributed by atoms with E-state index in [-0.39, 0.29) is 5.91 Å². The molecule has 1 aliphatic heterocycles. The average molecular weight is 282 g/mol. The van der Waals surface area contributed by atoms with Crippen LogP contribution in [0, 0.1) is 0 Å². The van der Waals surface area contributed by atoms with Gasteiger partial charge in [-0.2, -0.15) is 0 Å². The van der Waals surface area contributed by atoms with Gasteiger partial charge in [-0.05, 0) is 35.4 Å². The molecule has 4 nitrogen and oxygen atoms in total. The van der Waals surface area contributed by atoms with Crippen LogP contribution in [0.4, 0.5) is 5.69 Å². The Morgan fingerprint density at radius 3 is 3.00 bits per heavy atom. The van der Waals surface area contributed by atoms with E-state index in [1.165, 1.54) is 11.1 Å². The minimum atomic E-state index is -0.0756. The number of hydrogen-bond donors (Lipinski definition) is 2. The van der Waals surface area contributed by atoms with Crippen LogP contribution in [0.5, 0.6) is 5.75 Å². The van der Waals surface area contributed by atoms with Crippen molar-refractivity contribution in [3.63, 3.8) is 0 Å². The van der Waals surface area contributed by atoms with E-state index < -0.39 is 0 Å². The highest BCUT2D eigenvalue weighted by atomic mass is 16.5. The number of benzene rings is 2. The van der Waals surface area contributed by atoms with Crippen molar-refractivity contribution in [1.29, 1.82) is 0 Å². The van der Waals surface area contributed by atoms with E-state index >= 15 is 0 Å². The van der Waals surface area contributed by atoms with Gasteiger partial charge in [-0.25, -0.2) is 0 Å². The van der Waals surface area contributed by atoms with Crippen LogP contribution >= 0.6 is 0 Å². The van der Waals surface area contributed by atoms with Crippen molar-refractivity contribution < 1.29 is 9.53 Å². The third-order valence-corrected chi connectivity index (χ3v) is 3.60. The lowest BCUT2D eigenvalue weighted by Crippen LogP contribution is -2.17. The van der Waals surface area contributed by atoms with Gasteiger partial charge in [-0.15, -0.1) is 0 Å². The van der Waals surface area contributed by atoms with Gasteiger partial charge in [0.25, 0.3) is 5.91 Å². The van der Waals surface area contributed by atoms with Gasteiger partial charge in [0.1, 0.15) is 5.75 Å². The Kier molecular flexibility index (Phi) is 3.77. The molecule has 21 heavy (non-hydrogen) atoms. The van der Waals surface area contributed by atoms with Crippen molar-refractivity contribution >= 4 is 11.6 Å². The predicted octanol–water partition coefficient (Wildman–Crippen LogP) is 2.59. The van der Waals surface area contributed by atoms with Crippen molar-refractivity contribution in [2.75, 3.05) is 19.0 Å². The molecular weight excluding hydrogens is 264 g/mol. The van der Waals surface area contributed by atoms with E-state index in [9.17, 15) is 4.79 Å². The molecule has 0 fully saturated rings. The average Bonchev–Trinajstić information content (AvgIpc) is 3.00. The van der Waals surface area contributed by atoms with Crippen LogP contribution in [0.2, 0.25) is 0 Å². The summed E-state index contributed by atoms with van der Waals surface area (Å²) in [5, 5.41) is 5.98. The minimum Gasteiger partial charge on any atom is -0.493 e. The summed E-state index contributed by atoms with van der Waals surface area (Å²) in [4.78, 5) is 11.6. The SMILES string of the molecule is CNC(=O)c1cccc(NCc2ccc3c(c2)CCO3)c1. The highest BCUT2D eigenvalue weighted by Crippen LogP contribution is 2.26. The third kappa shape index (κ3) is 2.99. The molecule has 1 amide bonds. The number of ether oxygens (including phenoxy) is 1. The standard InChI is InChI=1S/C17H18N2O2/c1-18-17(20)14-3-2-4-15(10-14)19-11-12-5-6-16-13(9-12)7-8-21-16/h2-6,9-10,19H,7-8,11H2,1H3,(H,18,20). The maximum atomic E-state index is 11.6. The van der Waals surface area contributed by atoms with Crippen molar-refractivity contribution in [3.8, 4) is 5.75 Å². The van der Waals surface area contributed by atoms with Gasteiger partial charge in [0.05, 0.1) is 6.61 Å². The molecule has 3 rings (SSSR count). The normalized spacial score (nSPS) is 12.4. The Bertz CT molecular complexity index is 668. The van der Waals surface area contributed by atoms with E-state index in [0.29, 0.717) is 5.56 Å². The first-order valence-electron chi connectivity index (χ1n) is 7.07. The van der Waals surface area contributed by atoms with E-state index in [1.807, 2.05) is 24.3 Å². The number of hydrogen-bond acceptors (Lipinski definition) is 3. The highest BCUT2D eigenvalue weighted by Gasteiger charge is 2.11. The third-order valence-electron chi connectivity index (χ3n) is 3.60. The molecule has 2 N–H and O–H groups in total. The molecule has 0 aliphatic carbocycles. The molecule has 1 heterocycles. The summed E-state index contributed by atoms with van der Waals surface area (Å²) in [5.41, 5.74) is 4.08. The Morgan fingerprint density at radius 1 is 1.24 bits per heavy atom. The Morgan fingerprint density at radius 2 is 2.14 bits per heavy atom. The Labute approximate surface area is 124 Å². The number of anilines is 1. The maximum Gasteiger partial charge on any atom is 0.251 e. The fraction of sp³-hybridized carbons (Fsp3) is 0.235. The van der Waals surface area contributed by atoms with Gasteiger partial charge in [-0.1, -0.05) is 18.2 Å². The van der Waals surface area contributed by atoms with Gasteiger partial charge < -0.3 is 15.4 Å². The van der Waals surface area contributed by atoms with Crippen LogP contribution in [-0.4, -0.2) is 19.6 Å². The van der Waals surface area contributed by atoms with Gasteiger partial charge in [0.2, 0.25) is 0 Å². The number of fused-ring (bicyclic) bond motifs is 1. The second-order valence-electron chi connectivity index (χ2n) is 5.05. The molecule has 0 saturated carbocycles. The first-order chi connectivity index (χ1) is 10.3. The van der Waals surface area contributed by atoms with Crippen LogP contribution in [0.3, 0.4) is 0 Å². The van der Waals surface area contributed by atoms with E-state index in [2.05, 4.69) is 22.8 Å². The molecule has 108 valence electrons. The summed E-state index contributed by atoms with van der Waals surface area (Å²) in [6.45, 7) is 1.50. The number of nitrogens with one attached hydrogen (secondary N) is 2. The molecule has 1 aliphatic rings. The van der Waals surface area contributed by atoms with E-state index in [0.717, 1.165) is 31.0 Å². The van der Waals surface area contributed by atoms with Crippen molar-refractivity contribution in [2.45, 2.75) is 13.0 Å². The molecule has 2 aromatic carbocycles. The van der Waals surface area contributed by atoms with Crippen LogP contribution in [0.1, 0.15) is 21.5 Å². The van der Waals surface area contributed by atoms with E-state index in [4.69, 9.17) is 4.74 Å². The zero-order valence-electron chi connectivity index (χ0n) is 12.0. The maximum absolute atomic E-state index is 11.6. The van der Waals surface area contributed by atoms with Gasteiger partial charge >= 0.3 is 0 Å². The highest BCUT2D eigenvalue weighted by molar-refractivity contribution is 5.94. The fourth-order valence-corrected chi connectivity index (χ4v) is 2.47. The largest absolute Gasteiger partial charge is 0.493 e. The fourth-order valence-electron chi connectivity index (χ4n) is 2.47. The van der Waals surface area contributed by atoms with Crippen LogP contribution < -0.4 is 15.4 Å². The summed E-state index contributed by atoms with van der Waals surface area (Å²) < 4.78 is 5.51. The number of carbonyl (C=O) groups is 1. The lowest BCUT2D eigenvalue weighted by atomic mass is 10.1. The van der Waals surface area contributed by atoms with Gasteiger partial charge in [0, 0.05) is 31.3 Å². The quantitative estimate of drug-likeness (QED) is 0.906. The molecule has 0 bridgehead atoms. The summed E-state index contributed by atoms with van der Waals surface area (Å²) in [6, 6.07) is 13.8. The van der Waals surface area contributed by atoms with Gasteiger partial charge in [0.15, 0.2) is 0 Å². The predicted molar refractivity (Wildman–Crippen MR) is 82.8 cm³/mol. The topological polar surface area (TPSA) is 50.4 Å². The molecule has 0 radical (unpaired) electrons. The molecule has 0 spiro atoms. The molecular formula is C17H18N2O2. The van der Waals surface area contributed by atoms with Crippen molar-refractivity contribution in [1.82, 2.24) is 5.32 Å². The van der Waals surface area contributed by atoms with Crippen LogP contribution in [-0.2, 0) is 13.0 Å². The first-order valence-corrected chi connectivity index (χ1v) is 7.07. The number of rotatable bonds is 4. The Hall–Kier alpha value is -2.49. The molecule has 2 aromatic rings. The van der Waals surface area contributed by atoms with Gasteiger partial charge in [-0.3, -0.25) is 4.79 Å². The molecule has 0 unspecified atom stereocenters. The lowest BCUT2D eigenvalue weighted by Gasteiger charge is -2.09. The van der Waals surface area contributed by atoms with Crippen LogP contribution in [0.15, 0.2) is 42.5 Å². The Balaban J connectivity index is 1.69. The summed E-state index contributed by atoms with van der Waals surface area (Å²) in [7, 11) is 1.63. The number of carbonyl (C=O) groups excluding carboxylic acids is 1. The zero-order valence-corrected chi connectivity index (χ0v) is 12.0. The summed E-state index contributed by atoms with van der Waals surface area (Å²) in [6.07, 6.45) is 0.981. The minimum absolute atomic E-state index is 0.0756. The van der Waals surface area contributed by atoms with E-state index in [1.54, 1.807) is 13.1 Å². The monoisotopic (exact) mass is 282 g/mol. The lowest BCUT2D eigenvalue weighted by molar-refractivity contribution is 0.0963. The summed E-state index contributed by atoms with van der Waals surface area (Å²) >= 11 is 0. The smallest absolute Gasteiger partial charge is 0.251 e. The second-order valence-corrected chi connectivity index (χ2v) is 5.05. The second kappa shape index (κ2) is 5.87. The molecule has 0 aromatic heterocycles. The number of amides is 1.